The van der Waals surface area contributed by atoms with E-state index < -0.39 is 0 Å². The van der Waals surface area contributed by atoms with E-state index in [4.69, 9.17) is 10.7 Å². The molecule has 0 aromatic heterocycles. The molecule has 0 radical (unpaired) electrons. The van der Waals surface area contributed by atoms with Crippen molar-refractivity contribution in [2.24, 2.45) is 11.8 Å². The topological polar surface area (TPSA) is 35.2 Å². The van der Waals surface area contributed by atoms with Gasteiger partial charge in [0.15, 0.2) is 0 Å². The Bertz CT molecular complexity index is 130. The number of hydrogen-bond donors (Lipinski definition) is 1. The molecule has 2 N–H and O–H groups in total. The molecular weight excluding hydrogens is 174 g/mol. The summed E-state index contributed by atoms with van der Waals surface area (Å²) >= 11 is 0. The summed E-state index contributed by atoms with van der Waals surface area (Å²) in [4.78, 5) is 4.88. The Morgan fingerprint density at radius 2 is 1.79 bits per heavy atom. The Kier molecular flexibility index (Phi) is 6.20. The Balaban J connectivity index is 1.98. The second-order valence-electron chi connectivity index (χ2n) is 4.63. The van der Waals surface area contributed by atoms with E-state index in [1.165, 1.54) is 57.8 Å². The lowest BCUT2D eigenvalue weighted by Crippen LogP contribution is -2.24. The van der Waals surface area contributed by atoms with Gasteiger partial charge in [-0.3, -0.25) is 0 Å². The Labute approximate surface area is 88.2 Å². The fraction of sp³-hybridized carbons (Fsp3) is 1.00. The Morgan fingerprint density at radius 1 is 1.07 bits per heavy atom. The van der Waals surface area contributed by atoms with E-state index >= 15 is 0 Å². The van der Waals surface area contributed by atoms with Gasteiger partial charge in [0.25, 0.3) is 0 Å². The van der Waals surface area contributed by atoms with Gasteiger partial charge in [-0.25, -0.2) is 5.90 Å². The first kappa shape index (κ1) is 12.0. The zero-order valence-corrected chi connectivity index (χ0v) is 9.50. The highest BCUT2D eigenvalue weighted by Gasteiger charge is 2.20. The van der Waals surface area contributed by atoms with Crippen LogP contribution in [0.2, 0.25) is 0 Å². The van der Waals surface area contributed by atoms with Gasteiger partial charge in [-0.1, -0.05) is 39.0 Å². The van der Waals surface area contributed by atoms with Gasteiger partial charge in [0, 0.05) is 0 Å². The molecule has 1 aliphatic rings. The summed E-state index contributed by atoms with van der Waals surface area (Å²) < 4.78 is 0. The average Bonchev–Trinajstić information content (AvgIpc) is 2.25. The largest absolute Gasteiger partial charge is 0.301 e. The lowest BCUT2D eigenvalue weighted by atomic mass is 9.84. The van der Waals surface area contributed by atoms with Gasteiger partial charge in [-0.05, 0) is 31.6 Å². The van der Waals surface area contributed by atoms with Crippen LogP contribution in [0.15, 0.2) is 0 Å². The maximum absolute atomic E-state index is 5.19. The molecule has 0 atom stereocenters. The van der Waals surface area contributed by atoms with Gasteiger partial charge in [0.1, 0.15) is 0 Å². The molecule has 0 saturated heterocycles. The maximum Gasteiger partial charge on any atom is 0.0787 e. The van der Waals surface area contributed by atoms with Gasteiger partial charge in [0.05, 0.1) is 6.10 Å². The van der Waals surface area contributed by atoms with Crippen molar-refractivity contribution in [3.05, 3.63) is 0 Å². The summed E-state index contributed by atoms with van der Waals surface area (Å²) in [7, 11) is 0. The second kappa shape index (κ2) is 7.24. The van der Waals surface area contributed by atoms with E-state index in [0.29, 0.717) is 6.10 Å². The molecule has 0 aromatic carbocycles. The van der Waals surface area contributed by atoms with E-state index in [1.807, 2.05) is 0 Å². The van der Waals surface area contributed by atoms with Gasteiger partial charge in [0.2, 0.25) is 0 Å². The molecule has 0 spiro atoms. The zero-order chi connectivity index (χ0) is 10.2. The fourth-order valence-electron chi connectivity index (χ4n) is 2.42. The molecule has 1 fully saturated rings. The third-order valence-electron chi connectivity index (χ3n) is 3.45. The quantitative estimate of drug-likeness (QED) is 0.525. The van der Waals surface area contributed by atoms with Crippen molar-refractivity contribution >= 4 is 0 Å². The molecule has 2 heteroatoms. The van der Waals surface area contributed by atoms with Gasteiger partial charge in [-0.2, -0.15) is 0 Å². The van der Waals surface area contributed by atoms with Crippen LogP contribution in [-0.4, -0.2) is 6.10 Å². The number of nitrogens with two attached hydrogens (primary N) is 1. The van der Waals surface area contributed by atoms with Crippen molar-refractivity contribution in [2.75, 3.05) is 0 Å². The second-order valence-corrected chi connectivity index (χ2v) is 4.63. The van der Waals surface area contributed by atoms with Crippen molar-refractivity contribution in [3.8, 4) is 0 Å². The van der Waals surface area contributed by atoms with Crippen LogP contribution in [0.4, 0.5) is 0 Å². The Hall–Kier alpha value is -0.0800. The van der Waals surface area contributed by atoms with Crippen LogP contribution in [0.3, 0.4) is 0 Å². The van der Waals surface area contributed by atoms with E-state index in [9.17, 15) is 0 Å². The molecule has 0 bridgehead atoms. The third-order valence-corrected chi connectivity index (χ3v) is 3.45. The summed E-state index contributed by atoms with van der Waals surface area (Å²) in [6.45, 7) is 2.27. The van der Waals surface area contributed by atoms with Crippen molar-refractivity contribution in [1.29, 1.82) is 0 Å². The van der Waals surface area contributed by atoms with Crippen molar-refractivity contribution in [2.45, 2.75) is 70.8 Å². The minimum Gasteiger partial charge on any atom is -0.301 e. The molecule has 84 valence electrons. The van der Waals surface area contributed by atoms with E-state index in [1.54, 1.807) is 0 Å². The molecule has 1 saturated carbocycles. The lowest BCUT2D eigenvalue weighted by Gasteiger charge is -2.26. The van der Waals surface area contributed by atoms with Crippen LogP contribution in [0, 0.1) is 5.92 Å². The molecule has 14 heavy (non-hydrogen) atoms. The predicted molar refractivity (Wildman–Crippen MR) is 59.8 cm³/mol. The van der Waals surface area contributed by atoms with Gasteiger partial charge in [-0.15, -0.1) is 0 Å². The summed E-state index contributed by atoms with van der Waals surface area (Å²) in [5.74, 6) is 6.15. The normalized spacial score (nSPS) is 27.9. The number of hydrogen-bond acceptors (Lipinski definition) is 2. The minimum atomic E-state index is 0.349. The molecule has 1 aliphatic carbocycles. The Morgan fingerprint density at radius 3 is 2.36 bits per heavy atom. The van der Waals surface area contributed by atoms with Crippen molar-refractivity contribution < 1.29 is 4.84 Å². The summed E-state index contributed by atoms with van der Waals surface area (Å²) in [6.07, 6.45) is 12.4. The highest BCUT2D eigenvalue weighted by molar-refractivity contribution is 4.72. The predicted octanol–water partition coefficient (Wildman–Crippen LogP) is 3.41. The van der Waals surface area contributed by atoms with E-state index in [0.717, 1.165) is 5.92 Å². The van der Waals surface area contributed by atoms with Crippen LogP contribution in [0.5, 0.6) is 0 Å². The van der Waals surface area contributed by atoms with Crippen molar-refractivity contribution in [1.82, 2.24) is 0 Å². The van der Waals surface area contributed by atoms with Crippen LogP contribution in [0.25, 0.3) is 0 Å². The monoisotopic (exact) mass is 199 g/mol. The number of rotatable bonds is 6. The molecule has 0 heterocycles. The first-order valence-corrected chi connectivity index (χ1v) is 6.22. The summed E-state index contributed by atoms with van der Waals surface area (Å²) in [5.41, 5.74) is 0. The highest BCUT2D eigenvalue weighted by atomic mass is 16.6. The maximum atomic E-state index is 5.19. The highest BCUT2D eigenvalue weighted by Crippen LogP contribution is 2.29. The molecule has 1 rings (SSSR count). The molecule has 0 unspecified atom stereocenters. The van der Waals surface area contributed by atoms with Gasteiger partial charge >= 0.3 is 0 Å². The van der Waals surface area contributed by atoms with Crippen LogP contribution >= 0.6 is 0 Å². The zero-order valence-electron chi connectivity index (χ0n) is 9.50. The summed E-state index contributed by atoms with van der Waals surface area (Å²) in [5, 5.41) is 0. The lowest BCUT2D eigenvalue weighted by molar-refractivity contribution is 0.0162. The molecule has 0 aliphatic heterocycles. The fourth-order valence-corrected chi connectivity index (χ4v) is 2.42. The smallest absolute Gasteiger partial charge is 0.0787 e. The van der Waals surface area contributed by atoms with Crippen LogP contribution in [0.1, 0.15) is 64.7 Å². The number of unbranched alkanes of at least 4 members (excludes halogenated alkanes) is 3. The standard InChI is InChI=1S/C12H25NO/c1-2-3-4-5-6-11-7-9-12(14-13)10-8-11/h11-12H,2-10,13H2,1H3. The van der Waals surface area contributed by atoms with Crippen LogP contribution < -0.4 is 5.90 Å². The SMILES string of the molecule is CCCCCCC1CCC(ON)CC1. The van der Waals surface area contributed by atoms with E-state index in [-0.39, 0.29) is 0 Å². The third kappa shape index (κ3) is 4.43. The molecule has 0 aromatic rings. The van der Waals surface area contributed by atoms with Crippen LogP contribution in [-0.2, 0) is 4.84 Å². The summed E-state index contributed by atoms with van der Waals surface area (Å²) in [6, 6.07) is 0. The molecule has 2 nitrogen and oxygen atoms in total. The van der Waals surface area contributed by atoms with Crippen molar-refractivity contribution in [3.63, 3.8) is 0 Å². The first-order valence-electron chi connectivity index (χ1n) is 6.22. The molecule has 0 amide bonds. The first-order chi connectivity index (χ1) is 6.86. The average molecular weight is 199 g/mol. The minimum absolute atomic E-state index is 0.349. The molecular formula is C12H25NO. The van der Waals surface area contributed by atoms with Gasteiger partial charge < -0.3 is 4.84 Å². The van der Waals surface area contributed by atoms with E-state index in [2.05, 4.69) is 6.92 Å².